The highest BCUT2D eigenvalue weighted by Crippen LogP contribution is 2.46. The second kappa shape index (κ2) is 7.13. The minimum atomic E-state index is 0.602. The lowest BCUT2D eigenvalue weighted by molar-refractivity contribution is 0.582. The Balaban J connectivity index is 2.06. The maximum Gasteiger partial charge on any atom is 0.00952 e. The van der Waals surface area contributed by atoms with E-state index in [0.29, 0.717) is 11.8 Å². The number of hydrogen-bond acceptors (Lipinski definition) is 0. The summed E-state index contributed by atoms with van der Waals surface area (Å²) in [6.07, 6.45) is 7.75. The van der Waals surface area contributed by atoms with Crippen LogP contribution in [0.1, 0.15) is 86.5 Å². The summed E-state index contributed by atoms with van der Waals surface area (Å²) in [5.41, 5.74) is 6.37. The van der Waals surface area contributed by atoms with Crippen molar-refractivity contribution in [3.05, 3.63) is 70.8 Å². The van der Waals surface area contributed by atoms with Gasteiger partial charge in [0.05, 0.1) is 0 Å². The van der Waals surface area contributed by atoms with E-state index >= 15 is 0 Å². The Kier molecular flexibility index (Phi) is 4.97. The van der Waals surface area contributed by atoms with Gasteiger partial charge in [-0.2, -0.15) is 0 Å². The highest BCUT2D eigenvalue weighted by atomic mass is 14.3. The van der Waals surface area contributed by atoms with Crippen LogP contribution in [0.25, 0.3) is 0 Å². The Bertz CT molecular complexity index is 509. The first-order valence-electron chi connectivity index (χ1n) is 9.04. The van der Waals surface area contributed by atoms with Gasteiger partial charge in [0.25, 0.3) is 0 Å². The Hall–Kier alpha value is -1.56. The number of fused-ring (bicyclic) bond motifs is 2. The monoisotopic (exact) mass is 292 g/mol. The predicted molar refractivity (Wildman–Crippen MR) is 95.6 cm³/mol. The molecule has 0 unspecified atom stereocenters. The van der Waals surface area contributed by atoms with Gasteiger partial charge in [0.15, 0.2) is 0 Å². The molecule has 0 heterocycles. The molecule has 0 heteroatoms. The highest BCUT2D eigenvalue weighted by molar-refractivity contribution is 5.52. The SMILES string of the molecule is CCCCC1c2ccccc2C(CCCC)c2ccccc21. The number of unbranched alkanes of at least 4 members (excludes halogenated alkanes) is 2. The van der Waals surface area contributed by atoms with E-state index in [1.165, 1.54) is 38.5 Å². The van der Waals surface area contributed by atoms with Crippen molar-refractivity contribution in [2.24, 2.45) is 0 Å². The fraction of sp³-hybridized carbons (Fsp3) is 0.455. The molecule has 0 atom stereocenters. The lowest BCUT2D eigenvalue weighted by Gasteiger charge is -2.34. The van der Waals surface area contributed by atoms with Crippen LogP contribution in [0.2, 0.25) is 0 Å². The van der Waals surface area contributed by atoms with E-state index in [2.05, 4.69) is 62.4 Å². The van der Waals surface area contributed by atoms with Crippen molar-refractivity contribution in [1.29, 1.82) is 0 Å². The molecule has 0 N–H and O–H groups in total. The van der Waals surface area contributed by atoms with Crippen molar-refractivity contribution in [3.8, 4) is 0 Å². The average Bonchev–Trinajstić information content (AvgIpc) is 2.58. The highest BCUT2D eigenvalue weighted by Gasteiger charge is 2.30. The molecular formula is C22H28. The van der Waals surface area contributed by atoms with Crippen molar-refractivity contribution in [2.75, 3.05) is 0 Å². The van der Waals surface area contributed by atoms with E-state index in [4.69, 9.17) is 0 Å². The smallest absolute Gasteiger partial charge is 0.00952 e. The van der Waals surface area contributed by atoms with Crippen molar-refractivity contribution < 1.29 is 0 Å². The Morgan fingerprint density at radius 1 is 0.591 bits per heavy atom. The topological polar surface area (TPSA) is 0 Å². The van der Waals surface area contributed by atoms with Crippen LogP contribution in [0, 0.1) is 0 Å². The normalized spacial score (nSPS) is 19.5. The van der Waals surface area contributed by atoms with Crippen LogP contribution in [-0.4, -0.2) is 0 Å². The molecular weight excluding hydrogens is 264 g/mol. The standard InChI is InChI=1S/C22H28/c1-3-5-11-17-19-13-7-9-15-21(19)18(12-6-4-2)22-16-10-8-14-20(17)22/h7-10,13-18H,3-6,11-12H2,1-2H3. The van der Waals surface area contributed by atoms with Gasteiger partial charge in [-0.1, -0.05) is 88.1 Å². The van der Waals surface area contributed by atoms with E-state index < -0.39 is 0 Å². The van der Waals surface area contributed by atoms with Crippen LogP contribution in [0.5, 0.6) is 0 Å². The van der Waals surface area contributed by atoms with Gasteiger partial charge in [-0.25, -0.2) is 0 Å². The zero-order chi connectivity index (χ0) is 15.4. The lowest BCUT2D eigenvalue weighted by atomic mass is 9.70. The molecule has 2 aromatic carbocycles. The largest absolute Gasteiger partial charge is 0.0654 e. The third kappa shape index (κ3) is 2.84. The fourth-order valence-corrected chi connectivity index (χ4v) is 4.06. The zero-order valence-corrected chi connectivity index (χ0v) is 14.0. The molecule has 3 rings (SSSR count). The molecule has 0 aliphatic heterocycles. The predicted octanol–water partition coefficient (Wildman–Crippen LogP) is 6.64. The maximum absolute atomic E-state index is 2.38. The van der Waals surface area contributed by atoms with Crippen LogP contribution >= 0.6 is 0 Å². The van der Waals surface area contributed by atoms with Crippen LogP contribution in [-0.2, 0) is 0 Å². The molecule has 1 aliphatic carbocycles. The summed E-state index contributed by atoms with van der Waals surface area (Å²) in [4.78, 5) is 0. The first-order valence-corrected chi connectivity index (χ1v) is 9.04. The first kappa shape index (κ1) is 15.3. The van der Waals surface area contributed by atoms with Crippen molar-refractivity contribution in [1.82, 2.24) is 0 Å². The van der Waals surface area contributed by atoms with Crippen molar-refractivity contribution >= 4 is 0 Å². The lowest BCUT2D eigenvalue weighted by Crippen LogP contribution is -2.18. The Labute approximate surface area is 135 Å². The van der Waals surface area contributed by atoms with Crippen molar-refractivity contribution in [2.45, 2.75) is 64.2 Å². The van der Waals surface area contributed by atoms with Gasteiger partial charge in [-0.15, -0.1) is 0 Å². The first-order chi connectivity index (χ1) is 10.9. The molecule has 22 heavy (non-hydrogen) atoms. The third-order valence-electron chi connectivity index (χ3n) is 5.19. The average molecular weight is 292 g/mol. The zero-order valence-electron chi connectivity index (χ0n) is 14.0. The summed E-state index contributed by atoms with van der Waals surface area (Å²) in [7, 11) is 0. The molecule has 0 bridgehead atoms. The van der Waals surface area contributed by atoms with E-state index in [1.54, 1.807) is 22.3 Å². The van der Waals surface area contributed by atoms with E-state index in [1.807, 2.05) is 0 Å². The molecule has 0 nitrogen and oxygen atoms in total. The Morgan fingerprint density at radius 2 is 0.909 bits per heavy atom. The molecule has 2 aromatic rings. The minimum absolute atomic E-state index is 0.602. The summed E-state index contributed by atoms with van der Waals surface area (Å²) in [6, 6.07) is 18.4. The van der Waals surface area contributed by atoms with Crippen LogP contribution < -0.4 is 0 Å². The molecule has 0 aromatic heterocycles. The van der Waals surface area contributed by atoms with E-state index in [0.717, 1.165) is 0 Å². The summed E-state index contributed by atoms with van der Waals surface area (Å²) in [6.45, 7) is 4.59. The van der Waals surface area contributed by atoms with Crippen LogP contribution in [0.3, 0.4) is 0 Å². The molecule has 0 saturated carbocycles. The molecule has 0 saturated heterocycles. The van der Waals surface area contributed by atoms with Gasteiger partial charge >= 0.3 is 0 Å². The minimum Gasteiger partial charge on any atom is -0.0654 e. The van der Waals surface area contributed by atoms with Gasteiger partial charge in [0.1, 0.15) is 0 Å². The van der Waals surface area contributed by atoms with Gasteiger partial charge in [0, 0.05) is 11.8 Å². The molecule has 0 fully saturated rings. The summed E-state index contributed by atoms with van der Waals surface area (Å²) in [5.74, 6) is 1.20. The van der Waals surface area contributed by atoms with Gasteiger partial charge in [0.2, 0.25) is 0 Å². The molecule has 1 aliphatic rings. The van der Waals surface area contributed by atoms with Crippen LogP contribution in [0.4, 0.5) is 0 Å². The number of benzene rings is 2. The number of rotatable bonds is 6. The number of hydrogen-bond donors (Lipinski definition) is 0. The van der Waals surface area contributed by atoms with Crippen LogP contribution in [0.15, 0.2) is 48.5 Å². The molecule has 0 radical (unpaired) electrons. The summed E-state index contributed by atoms with van der Waals surface area (Å²) >= 11 is 0. The van der Waals surface area contributed by atoms with E-state index in [-0.39, 0.29) is 0 Å². The Morgan fingerprint density at radius 3 is 1.18 bits per heavy atom. The third-order valence-corrected chi connectivity index (χ3v) is 5.19. The van der Waals surface area contributed by atoms with Gasteiger partial charge in [-0.05, 0) is 35.1 Å². The maximum atomic E-state index is 2.38. The molecule has 116 valence electrons. The second-order valence-electron chi connectivity index (χ2n) is 6.65. The van der Waals surface area contributed by atoms with Gasteiger partial charge < -0.3 is 0 Å². The van der Waals surface area contributed by atoms with E-state index in [9.17, 15) is 0 Å². The quantitative estimate of drug-likeness (QED) is 0.559. The molecule has 0 amide bonds. The van der Waals surface area contributed by atoms with Gasteiger partial charge in [-0.3, -0.25) is 0 Å². The fourth-order valence-electron chi connectivity index (χ4n) is 4.06. The molecule has 0 spiro atoms. The summed E-state index contributed by atoms with van der Waals surface area (Å²) in [5, 5.41) is 0. The second-order valence-corrected chi connectivity index (χ2v) is 6.65. The summed E-state index contributed by atoms with van der Waals surface area (Å²) < 4.78 is 0. The van der Waals surface area contributed by atoms with Crippen molar-refractivity contribution in [3.63, 3.8) is 0 Å².